The SMILES string of the molecule is CCC(C)/C(=C1/C=CC=C(OCCS)/C1=N/C)c1cc(=O)c(C(=O)O)cn1C1C(C)CCC1(C)C. The summed E-state index contributed by atoms with van der Waals surface area (Å²) in [6.07, 6.45) is 10.4. The molecule has 0 aromatic carbocycles. The molecule has 7 heteroatoms. The number of hydrogen-bond acceptors (Lipinski definition) is 5. The topological polar surface area (TPSA) is 80.9 Å². The molecule has 0 saturated heterocycles. The Morgan fingerprint density at radius 3 is 2.66 bits per heavy atom. The lowest BCUT2D eigenvalue weighted by atomic mass is 9.82. The van der Waals surface area contributed by atoms with Crippen LogP contribution in [0.25, 0.3) is 5.57 Å². The molecule has 1 aromatic heterocycles. The van der Waals surface area contributed by atoms with Gasteiger partial charge < -0.3 is 14.4 Å². The third-order valence-corrected chi connectivity index (χ3v) is 7.62. The van der Waals surface area contributed by atoms with Crippen molar-refractivity contribution in [1.82, 2.24) is 4.57 Å². The number of nitrogens with zero attached hydrogens (tertiary/aromatic N) is 2. The van der Waals surface area contributed by atoms with Crippen LogP contribution in [0.1, 0.15) is 76.0 Å². The van der Waals surface area contributed by atoms with Gasteiger partial charge in [0.15, 0.2) is 5.43 Å². The number of rotatable bonds is 8. The quantitative estimate of drug-likeness (QED) is 0.443. The zero-order chi connectivity index (χ0) is 25.9. The molecule has 3 unspecified atom stereocenters. The van der Waals surface area contributed by atoms with E-state index >= 15 is 0 Å². The van der Waals surface area contributed by atoms with Gasteiger partial charge in [-0.05, 0) is 48.2 Å². The molecule has 1 N–H and O–H groups in total. The molecule has 1 saturated carbocycles. The summed E-state index contributed by atoms with van der Waals surface area (Å²) in [7, 11) is 1.74. The van der Waals surface area contributed by atoms with Gasteiger partial charge in [0.25, 0.3) is 0 Å². The minimum absolute atomic E-state index is 0.0466. The van der Waals surface area contributed by atoms with Crippen molar-refractivity contribution in [2.45, 2.75) is 59.9 Å². The molecule has 1 heterocycles. The Kier molecular flexibility index (Phi) is 8.52. The number of hydrogen-bond donors (Lipinski definition) is 2. The molecule has 2 aliphatic carbocycles. The minimum atomic E-state index is -1.20. The second-order valence-corrected chi connectivity index (χ2v) is 10.7. The number of carboxylic acid groups (broad SMARTS) is 1. The van der Waals surface area contributed by atoms with Crippen molar-refractivity contribution < 1.29 is 14.6 Å². The number of ether oxygens (including phenoxy) is 1. The molecule has 0 aliphatic heterocycles. The normalized spacial score (nSPS) is 24.9. The van der Waals surface area contributed by atoms with E-state index in [-0.39, 0.29) is 22.9 Å². The van der Waals surface area contributed by atoms with Crippen LogP contribution in [0.3, 0.4) is 0 Å². The first-order valence-corrected chi connectivity index (χ1v) is 13.0. The van der Waals surface area contributed by atoms with Gasteiger partial charge >= 0.3 is 5.97 Å². The van der Waals surface area contributed by atoms with Crippen LogP contribution in [-0.4, -0.2) is 40.8 Å². The van der Waals surface area contributed by atoms with Crippen LogP contribution in [0.4, 0.5) is 0 Å². The van der Waals surface area contributed by atoms with E-state index < -0.39 is 11.4 Å². The number of carboxylic acids is 1. The largest absolute Gasteiger partial charge is 0.490 e. The van der Waals surface area contributed by atoms with Crippen molar-refractivity contribution in [3.8, 4) is 0 Å². The standard InChI is InChI=1S/C28H38N2O4S/c1-7-17(2)24(19-9-8-10-23(25(19)29-6)34-13-14-35)21-15-22(31)20(27(32)33)16-30(21)26-18(3)11-12-28(26,4)5/h8-10,15-18,26,35H,7,11-14H2,1-6H3,(H,32,33)/b24-19+,29-25+. The Morgan fingerprint density at radius 2 is 2.11 bits per heavy atom. The van der Waals surface area contributed by atoms with Gasteiger partial charge in [0.2, 0.25) is 0 Å². The maximum atomic E-state index is 13.0. The Balaban J connectivity index is 2.37. The van der Waals surface area contributed by atoms with E-state index in [1.807, 2.05) is 18.2 Å². The Hall–Kier alpha value is -2.54. The summed E-state index contributed by atoms with van der Waals surface area (Å²) in [6.45, 7) is 11.4. The van der Waals surface area contributed by atoms with Crippen LogP contribution < -0.4 is 5.43 Å². The summed E-state index contributed by atoms with van der Waals surface area (Å²) < 4.78 is 8.02. The highest BCUT2D eigenvalue weighted by molar-refractivity contribution is 7.80. The van der Waals surface area contributed by atoms with E-state index in [2.05, 4.69) is 56.8 Å². The number of pyridine rings is 1. The van der Waals surface area contributed by atoms with Gasteiger partial charge in [-0.25, -0.2) is 4.79 Å². The smallest absolute Gasteiger partial charge is 0.341 e. The lowest BCUT2D eigenvalue weighted by Gasteiger charge is -2.36. The summed E-state index contributed by atoms with van der Waals surface area (Å²) in [5.74, 6) is 0.490. The number of aromatic nitrogens is 1. The lowest BCUT2D eigenvalue weighted by Crippen LogP contribution is -2.31. The van der Waals surface area contributed by atoms with Crippen molar-refractivity contribution >= 4 is 29.9 Å². The number of aliphatic imine (C=N–C) groups is 1. The van der Waals surface area contributed by atoms with E-state index in [4.69, 9.17) is 4.74 Å². The third-order valence-electron chi connectivity index (χ3n) is 7.44. The molecule has 0 amide bonds. The molecule has 0 radical (unpaired) electrons. The molecule has 3 atom stereocenters. The van der Waals surface area contributed by atoms with Crippen molar-refractivity contribution in [3.05, 3.63) is 63.3 Å². The Bertz CT molecular complexity index is 1160. The first kappa shape index (κ1) is 27.1. The predicted octanol–water partition coefficient (Wildman–Crippen LogP) is 5.81. The Morgan fingerprint density at radius 1 is 1.40 bits per heavy atom. The van der Waals surface area contributed by atoms with Gasteiger partial charge in [-0.2, -0.15) is 12.6 Å². The van der Waals surface area contributed by atoms with Crippen molar-refractivity contribution in [2.24, 2.45) is 22.2 Å². The van der Waals surface area contributed by atoms with Gasteiger partial charge in [0.05, 0.1) is 6.61 Å². The van der Waals surface area contributed by atoms with Crippen LogP contribution in [0.2, 0.25) is 0 Å². The van der Waals surface area contributed by atoms with Crippen molar-refractivity contribution in [3.63, 3.8) is 0 Å². The predicted molar refractivity (Wildman–Crippen MR) is 146 cm³/mol. The first-order chi connectivity index (χ1) is 16.6. The summed E-state index contributed by atoms with van der Waals surface area (Å²) >= 11 is 4.26. The fourth-order valence-electron chi connectivity index (χ4n) is 5.59. The van der Waals surface area contributed by atoms with Crippen LogP contribution in [-0.2, 0) is 4.74 Å². The first-order valence-electron chi connectivity index (χ1n) is 12.4. The molecule has 2 aliphatic rings. The van der Waals surface area contributed by atoms with Gasteiger partial charge in [-0.15, -0.1) is 0 Å². The number of thiol groups is 1. The molecule has 1 fully saturated rings. The summed E-state index contributed by atoms with van der Waals surface area (Å²) in [4.78, 5) is 29.6. The summed E-state index contributed by atoms with van der Waals surface area (Å²) in [6, 6.07) is 1.58. The number of aromatic carboxylic acids is 1. The minimum Gasteiger partial charge on any atom is -0.490 e. The van der Waals surface area contributed by atoms with E-state index in [1.165, 1.54) is 6.07 Å². The van der Waals surface area contributed by atoms with E-state index in [9.17, 15) is 14.7 Å². The van der Waals surface area contributed by atoms with Crippen LogP contribution in [0, 0.1) is 17.3 Å². The number of carbonyl (C=O) groups is 1. The van der Waals surface area contributed by atoms with Crippen LogP contribution in [0.5, 0.6) is 0 Å². The maximum absolute atomic E-state index is 13.0. The molecule has 1 aromatic rings. The van der Waals surface area contributed by atoms with E-state index in [0.29, 0.717) is 24.0 Å². The van der Waals surface area contributed by atoms with Crippen LogP contribution >= 0.6 is 12.6 Å². The molecule has 35 heavy (non-hydrogen) atoms. The highest BCUT2D eigenvalue weighted by Crippen LogP contribution is 2.50. The molecule has 3 rings (SSSR count). The zero-order valence-corrected chi connectivity index (χ0v) is 22.6. The fraction of sp³-hybridized carbons (Fsp3) is 0.536. The average molecular weight is 499 g/mol. The average Bonchev–Trinajstić information content (AvgIpc) is 3.09. The second kappa shape index (κ2) is 11.0. The highest BCUT2D eigenvalue weighted by atomic mass is 32.1. The molecule has 6 nitrogen and oxygen atoms in total. The molecular formula is C28H38N2O4S. The fourth-order valence-corrected chi connectivity index (χ4v) is 5.68. The van der Waals surface area contributed by atoms with Crippen LogP contribution in [0.15, 0.2) is 51.6 Å². The van der Waals surface area contributed by atoms with Gasteiger partial charge in [-0.3, -0.25) is 9.79 Å². The number of allylic oxidation sites excluding steroid dienone is 5. The molecule has 0 spiro atoms. The second-order valence-electron chi connectivity index (χ2n) is 10.3. The van der Waals surface area contributed by atoms with Gasteiger partial charge in [-0.1, -0.05) is 46.8 Å². The monoisotopic (exact) mass is 498 g/mol. The molecule has 190 valence electrons. The van der Waals surface area contributed by atoms with Crippen molar-refractivity contribution in [2.75, 3.05) is 19.4 Å². The highest BCUT2D eigenvalue weighted by Gasteiger charge is 2.42. The lowest BCUT2D eigenvalue weighted by molar-refractivity contribution is 0.0693. The Labute approximate surface area is 213 Å². The zero-order valence-electron chi connectivity index (χ0n) is 21.7. The summed E-state index contributed by atoms with van der Waals surface area (Å²) in [5.41, 5.74) is 2.65. The molecular weight excluding hydrogens is 460 g/mol. The maximum Gasteiger partial charge on any atom is 0.341 e. The summed E-state index contributed by atoms with van der Waals surface area (Å²) in [5, 5.41) is 9.77. The molecule has 0 bridgehead atoms. The van der Waals surface area contributed by atoms with E-state index in [1.54, 1.807) is 13.2 Å². The van der Waals surface area contributed by atoms with E-state index in [0.717, 1.165) is 41.8 Å². The van der Waals surface area contributed by atoms with Crippen molar-refractivity contribution in [1.29, 1.82) is 0 Å². The third kappa shape index (κ3) is 5.35. The van der Waals surface area contributed by atoms with Gasteiger partial charge in [0, 0.05) is 42.4 Å². The van der Waals surface area contributed by atoms with Gasteiger partial charge in [0.1, 0.15) is 17.0 Å².